The quantitative estimate of drug-likeness (QED) is 0.880. The maximum atomic E-state index is 13.0. The van der Waals surface area contributed by atoms with Crippen molar-refractivity contribution in [2.45, 2.75) is 6.04 Å². The van der Waals surface area contributed by atoms with Gasteiger partial charge in [-0.25, -0.2) is 4.39 Å². The summed E-state index contributed by atoms with van der Waals surface area (Å²) in [5.41, 5.74) is 2.16. The highest BCUT2D eigenvalue weighted by Gasteiger charge is 2.30. The minimum atomic E-state index is -0.515. The van der Waals surface area contributed by atoms with Crippen LogP contribution < -0.4 is 10.6 Å². The zero-order valence-corrected chi connectivity index (χ0v) is 10.5. The molecule has 1 atom stereocenters. The second-order valence-corrected chi connectivity index (χ2v) is 4.69. The summed E-state index contributed by atoms with van der Waals surface area (Å²) in [6.07, 6.45) is 0. The van der Waals surface area contributed by atoms with E-state index in [0.717, 1.165) is 11.3 Å². The molecule has 19 heavy (non-hydrogen) atoms. The van der Waals surface area contributed by atoms with E-state index >= 15 is 0 Å². The molecule has 3 rings (SSSR count). The maximum absolute atomic E-state index is 13.0. The molecule has 0 saturated carbocycles. The third-order valence-corrected chi connectivity index (χ3v) is 3.34. The molecule has 0 aliphatic carbocycles. The molecule has 1 aliphatic heterocycles. The Labute approximate surface area is 114 Å². The lowest BCUT2D eigenvalue weighted by atomic mass is 10.1. The molecule has 0 bridgehead atoms. The second-order valence-electron chi connectivity index (χ2n) is 4.28. The van der Waals surface area contributed by atoms with Crippen LogP contribution in [0.25, 0.3) is 0 Å². The Morgan fingerprint density at radius 1 is 1.21 bits per heavy atom. The number of hydrogen-bond acceptors (Lipinski definition) is 2. The molecule has 0 aromatic heterocycles. The van der Waals surface area contributed by atoms with E-state index in [1.807, 2.05) is 24.3 Å². The normalized spacial score (nSPS) is 16.9. The van der Waals surface area contributed by atoms with Gasteiger partial charge >= 0.3 is 0 Å². The van der Waals surface area contributed by atoms with Crippen molar-refractivity contribution in [3.63, 3.8) is 0 Å². The molecular weight excluding hydrogens is 267 g/mol. The fraction of sp³-hybridized carbons (Fsp3) is 0.0714. The van der Waals surface area contributed by atoms with Crippen molar-refractivity contribution in [1.82, 2.24) is 0 Å². The first kappa shape index (κ1) is 12.0. The van der Waals surface area contributed by atoms with E-state index < -0.39 is 11.9 Å². The van der Waals surface area contributed by atoms with Crippen LogP contribution in [0.1, 0.15) is 11.6 Å². The SMILES string of the molecule is O=C1Nc2ccccc2C1Nc1ccc(F)cc1Cl. The molecule has 0 spiro atoms. The van der Waals surface area contributed by atoms with Crippen LogP contribution in [0.15, 0.2) is 42.5 Å². The van der Waals surface area contributed by atoms with Gasteiger partial charge in [0.05, 0.1) is 10.7 Å². The Hall–Kier alpha value is -2.07. The average Bonchev–Trinajstić information content (AvgIpc) is 2.69. The summed E-state index contributed by atoms with van der Waals surface area (Å²) in [6, 6.07) is 10.9. The van der Waals surface area contributed by atoms with Crippen molar-refractivity contribution in [2.75, 3.05) is 10.6 Å². The lowest BCUT2D eigenvalue weighted by molar-refractivity contribution is -0.116. The van der Waals surface area contributed by atoms with E-state index in [-0.39, 0.29) is 10.9 Å². The number of hydrogen-bond donors (Lipinski definition) is 2. The number of anilines is 2. The van der Waals surface area contributed by atoms with Crippen molar-refractivity contribution in [2.24, 2.45) is 0 Å². The van der Waals surface area contributed by atoms with Crippen molar-refractivity contribution in [1.29, 1.82) is 0 Å². The first-order valence-electron chi connectivity index (χ1n) is 5.76. The van der Waals surface area contributed by atoms with Gasteiger partial charge < -0.3 is 10.6 Å². The first-order chi connectivity index (χ1) is 9.15. The fourth-order valence-corrected chi connectivity index (χ4v) is 2.34. The summed E-state index contributed by atoms with van der Waals surface area (Å²) in [5, 5.41) is 6.06. The minimum Gasteiger partial charge on any atom is -0.369 e. The number of benzene rings is 2. The van der Waals surface area contributed by atoms with E-state index in [2.05, 4.69) is 10.6 Å². The van der Waals surface area contributed by atoms with Crippen LogP contribution in [0.3, 0.4) is 0 Å². The Morgan fingerprint density at radius 2 is 2.00 bits per heavy atom. The van der Waals surface area contributed by atoms with Gasteiger partial charge in [0.2, 0.25) is 0 Å². The summed E-state index contributed by atoms with van der Waals surface area (Å²) in [5.74, 6) is -0.562. The van der Waals surface area contributed by atoms with Crippen molar-refractivity contribution in [3.05, 3.63) is 58.9 Å². The van der Waals surface area contributed by atoms with Crippen LogP contribution in [-0.4, -0.2) is 5.91 Å². The molecule has 2 N–H and O–H groups in total. The maximum Gasteiger partial charge on any atom is 0.251 e. The summed E-state index contributed by atoms with van der Waals surface area (Å²) in [7, 11) is 0. The molecule has 2 aromatic rings. The number of para-hydroxylation sites is 1. The van der Waals surface area contributed by atoms with E-state index in [4.69, 9.17) is 11.6 Å². The van der Waals surface area contributed by atoms with Gasteiger partial charge in [-0.15, -0.1) is 0 Å². The Bertz CT molecular complexity index is 660. The van der Waals surface area contributed by atoms with Crippen molar-refractivity contribution >= 4 is 28.9 Å². The van der Waals surface area contributed by atoms with Gasteiger partial charge in [-0.05, 0) is 24.3 Å². The standard InChI is InChI=1S/C14H10ClFN2O/c15-10-7-8(16)5-6-12(10)17-13-9-3-1-2-4-11(9)18-14(13)19/h1-7,13,17H,(H,18,19). The predicted molar refractivity (Wildman–Crippen MR) is 72.8 cm³/mol. The smallest absolute Gasteiger partial charge is 0.251 e. The lowest BCUT2D eigenvalue weighted by Crippen LogP contribution is -2.19. The number of carbonyl (C=O) groups excluding carboxylic acids is 1. The van der Waals surface area contributed by atoms with Gasteiger partial charge in [0.25, 0.3) is 5.91 Å². The summed E-state index contributed by atoms with van der Waals surface area (Å²) in [4.78, 5) is 11.9. The van der Waals surface area contributed by atoms with Crippen LogP contribution in [-0.2, 0) is 4.79 Å². The average molecular weight is 277 g/mol. The highest BCUT2D eigenvalue weighted by Crippen LogP contribution is 2.34. The van der Waals surface area contributed by atoms with Crippen LogP contribution in [0.2, 0.25) is 5.02 Å². The molecule has 3 nitrogen and oxygen atoms in total. The third kappa shape index (κ3) is 2.15. The van der Waals surface area contributed by atoms with Gasteiger partial charge in [0, 0.05) is 11.3 Å². The molecule has 1 heterocycles. The highest BCUT2D eigenvalue weighted by atomic mass is 35.5. The van der Waals surface area contributed by atoms with Crippen molar-refractivity contribution in [3.8, 4) is 0 Å². The molecule has 0 fully saturated rings. The van der Waals surface area contributed by atoms with E-state index in [1.54, 1.807) is 0 Å². The molecule has 0 radical (unpaired) electrons. The topological polar surface area (TPSA) is 41.1 Å². The van der Waals surface area contributed by atoms with Crippen LogP contribution in [0, 0.1) is 5.82 Å². The van der Waals surface area contributed by atoms with Crippen LogP contribution in [0.5, 0.6) is 0 Å². The highest BCUT2D eigenvalue weighted by molar-refractivity contribution is 6.33. The van der Waals surface area contributed by atoms with Crippen LogP contribution in [0.4, 0.5) is 15.8 Å². The molecule has 1 aliphatic rings. The van der Waals surface area contributed by atoms with Gasteiger partial charge in [-0.3, -0.25) is 4.79 Å². The number of nitrogens with one attached hydrogen (secondary N) is 2. The number of halogens is 2. The molecule has 1 amide bonds. The summed E-state index contributed by atoms with van der Waals surface area (Å²) >= 11 is 5.95. The monoisotopic (exact) mass is 276 g/mol. The Morgan fingerprint density at radius 3 is 2.79 bits per heavy atom. The summed E-state index contributed by atoms with van der Waals surface area (Å²) in [6.45, 7) is 0. The van der Waals surface area contributed by atoms with E-state index in [9.17, 15) is 9.18 Å². The summed E-state index contributed by atoms with van der Waals surface area (Å²) < 4.78 is 13.0. The van der Waals surface area contributed by atoms with Crippen molar-refractivity contribution < 1.29 is 9.18 Å². The van der Waals surface area contributed by atoms with Gasteiger partial charge in [0.1, 0.15) is 11.9 Å². The Kier molecular flexibility index (Phi) is 2.87. The molecule has 2 aromatic carbocycles. The van der Waals surface area contributed by atoms with Gasteiger partial charge in [-0.1, -0.05) is 29.8 Å². The first-order valence-corrected chi connectivity index (χ1v) is 6.14. The number of fused-ring (bicyclic) bond motifs is 1. The van der Waals surface area contributed by atoms with Gasteiger partial charge in [-0.2, -0.15) is 0 Å². The molecule has 0 saturated heterocycles. The molecule has 1 unspecified atom stereocenters. The zero-order chi connectivity index (χ0) is 13.4. The fourth-order valence-electron chi connectivity index (χ4n) is 2.11. The van der Waals surface area contributed by atoms with Crippen LogP contribution >= 0.6 is 11.6 Å². The molecular formula is C14H10ClFN2O. The van der Waals surface area contributed by atoms with E-state index in [0.29, 0.717) is 5.69 Å². The number of amides is 1. The second kappa shape index (κ2) is 4.55. The molecule has 96 valence electrons. The minimum absolute atomic E-state index is 0.151. The largest absolute Gasteiger partial charge is 0.369 e. The lowest BCUT2D eigenvalue weighted by Gasteiger charge is -2.14. The number of rotatable bonds is 2. The zero-order valence-electron chi connectivity index (χ0n) is 9.78. The molecule has 5 heteroatoms. The third-order valence-electron chi connectivity index (χ3n) is 3.02. The predicted octanol–water partition coefficient (Wildman–Crippen LogP) is 3.58. The van der Waals surface area contributed by atoms with E-state index in [1.165, 1.54) is 18.2 Å². The van der Waals surface area contributed by atoms with Gasteiger partial charge in [0.15, 0.2) is 0 Å². The Balaban J connectivity index is 1.93. The number of carbonyl (C=O) groups is 1.